The third-order valence-corrected chi connectivity index (χ3v) is 3.09. The summed E-state index contributed by atoms with van der Waals surface area (Å²) >= 11 is 1.40. The molecule has 2 rings (SSSR count). The third kappa shape index (κ3) is 2.86. The second-order valence-electron chi connectivity index (χ2n) is 3.64. The molecular formula is C10H13N3OS. The summed E-state index contributed by atoms with van der Waals surface area (Å²) in [5.41, 5.74) is 0. The fourth-order valence-electron chi connectivity index (χ4n) is 1.62. The van der Waals surface area contributed by atoms with Crippen molar-refractivity contribution in [3.05, 3.63) is 17.2 Å². The summed E-state index contributed by atoms with van der Waals surface area (Å²) in [4.78, 5) is 11.6. The number of aromatic nitrogens is 2. The fraction of sp³-hybridized carbons (Fsp3) is 0.500. The van der Waals surface area contributed by atoms with Gasteiger partial charge in [-0.25, -0.2) is 0 Å². The highest BCUT2D eigenvalue weighted by molar-refractivity contribution is 7.15. The summed E-state index contributed by atoms with van der Waals surface area (Å²) in [5.74, 6) is 0.432. The van der Waals surface area contributed by atoms with Crippen LogP contribution in [0.1, 0.15) is 24.3 Å². The number of nitrogens with one attached hydrogen (secondary N) is 1. The average molecular weight is 223 g/mol. The molecule has 1 amide bonds. The zero-order valence-corrected chi connectivity index (χ0v) is 9.38. The lowest BCUT2D eigenvalue weighted by molar-refractivity contribution is -0.116. The van der Waals surface area contributed by atoms with Crippen LogP contribution in [0, 0.1) is 12.8 Å². The minimum atomic E-state index is 0.0303. The summed E-state index contributed by atoms with van der Waals surface area (Å²) < 4.78 is 0. The number of aryl methyl sites for hydroxylation is 1. The molecule has 1 N–H and O–H groups in total. The Balaban J connectivity index is 1.84. The predicted octanol–water partition coefficient (Wildman–Crippen LogP) is 2.14. The first-order valence-corrected chi connectivity index (χ1v) is 5.82. The Morgan fingerprint density at radius 2 is 2.53 bits per heavy atom. The number of allylic oxidation sites excluding steroid dienone is 2. The molecule has 5 heteroatoms. The number of amides is 1. The van der Waals surface area contributed by atoms with Gasteiger partial charge >= 0.3 is 0 Å². The number of nitrogens with zero attached hydrogens (tertiary/aromatic N) is 2. The number of hydrogen-bond donors (Lipinski definition) is 1. The first-order chi connectivity index (χ1) is 7.24. The van der Waals surface area contributed by atoms with Crippen LogP contribution in [-0.2, 0) is 4.79 Å². The van der Waals surface area contributed by atoms with Crippen molar-refractivity contribution in [3.8, 4) is 0 Å². The Morgan fingerprint density at radius 1 is 1.67 bits per heavy atom. The highest BCUT2D eigenvalue weighted by Crippen LogP contribution is 2.21. The quantitative estimate of drug-likeness (QED) is 0.799. The smallest absolute Gasteiger partial charge is 0.226 e. The van der Waals surface area contributed by atoms with Crippen molar-refractivity contribution in [1.29, 1.82) is 0 Å². The van der Waals surface area contributed by atoms with Gasteiger partial charge in [0.25, 0.3) is 0 Å². The van der Waals surface area contributed by atoms with Gasteiger partial charge in [-0.3, -0.25) is 4.79 Å². The standard InChI is InChI=1S/C10H13N3OS/c1-7-12-13-10(15-7)11-9(14)6-8-4-2-3-5-8/h2,4,8H,3,5-6H2,1H3,(H,11,13,14). The molecular weight excluding hydrogens is 210 g/mol. The van der Waals surface area contributed by atoms with Gasteiger partial charge in [0, 0.05) is 6.42 Å². The highest BCUT2D eigenvalue weighted by atomic mass is 32.1. The summed E-state index contributed by atoms with van der Waals surface area (Å²) in [6, 6.07) is 0. The van der Waals surface area contributed by atoms with E-state index in [0.29, 0.717) is 17.5 Å². The fourth-order valence-corrected chi connectivity index (χ4v) is 2.23. The molecule has 0 aliphatic heterocycles. The predicted molar refractivity (Wildman–Crippen MR) is 59.8 cm³/mol. The van der Waals surface area contributed by atoms with E-state index in [-0.39, 0.29) is 5.91 Å². The molecule has 0 spiro atoms. The van der Waals surface area contributed by atoms with Crippen LogP contribution in [0.2, 0.25) is 0 Å². The maximum Gasteiger partial charge on any atom is 0.226 e. The van der Waals surface area contributed by atoms with Crippen molar-refractivity contribution in [2.75, 3.05) is 5.32 Å². The van der Waals surface area contributed by atoms with Crippen LogP contribution < -0.4 is 5.32 Å². The molecule has 80 valence electrons. The maximum atomic E-state index is 11.6. The zero-order chi connectivity index (χ0) is 10.7. The normalized spacial score (nSPS) is 19.4. The molecule has 0 saturated carbocycles. The summed E-state index contributed by atoms with van der Waals surface area (Å²) in [7, 11) is 0. The third-order valence-electron chi connectivity index (χ3n) is 2.33. The van der Waals surface area contributed by atoms with E-state index < -0.39 is 0 Å². The number of anilines is 1. The minimum Gasteiger partial charge on any atom is -0.301 e. The monoisotopic (exact) mass is 223 g/mol. The Morgan fingerprint density at radius 3 is 3.13 bits per heavy atom. The molecule has 4 nitrogen and oxygen atoms in total. The van der Waals surface area contributed by atoms with Crippen molar-refractivity contribution in [2.24, 2.45) is 5.92 Å². The van der Waals surface area contributed by atoms with E-state index in [4.69, 9.17) is 0 Å². The van der Waals surface area contributed by atoms with Gasteiger partial charge in [-0.1, -0.05) is 23.5 Å². The SMILES string of the molecule is Cc1nnc(NC(=O)CC2C=CCC2)s1. The van der Waals surface area contributed by atoms with Crippen LogP contribution in [0.15, 0.2) is 12.2 Å². The molecule has 1 atom stereocenters. The molecule has 0 fully saturated rings. The molecule has 0 saturated heterocycles. The van der Waals surface area contributed by atoms with Crippen molar-refractivity contribution < 1.29 is 4.79 Å². The molecule has 1 aliphatic rings. The van der Waals surface area contributed by atoms with E-state index in [9.17, 15) is 4.79 Å². The largest absolute Gasteiger partial charge is 0.301 e. The van der Waals surface area contributed by atoms with Crippen molar-refractivity contribution in [1.82, 2.24) is 10.2 Å². The van der Waals surface area contributed by atoms with Gasteiger partial charge in [0.05, 0.1) is 0 Å². The lowest BCUT2D eigenvalue weighted by Crippen LogP contribution is -2.14. The van der Waals surface area contributed by atoms with E-state index in [2.05, 4.69) is 27.7 Å². The van der Waals surface area contributed by atoms with Gasteiger partial charge < -0.3 is 5.32 Å². The molecule has 0 aromatic carbocycles. The van der Waals surface area contributed by atoms with Crippen molar-refractivity contribution in [2.45, 2.75) is 26.2 Å². The van der Waals surface area contributed by atoms with E-state index >= 15 is 0 Å². The molecule has 1 aromatic rings. The molecule has 15 heavy (non-hydrogen) atoms. The second-order valence-corrected chi connectivity index (χ2v) is 4.83. The summed E-state index contributed by atoms with van der Waals surface area (Å²) in [6.07, 6.45) is 6.98. The first-order valence-electron chi connectivity index (χ1n) is 5.00. The van der Waals surface area contributed by atoms with Gasteiger partial charge in [0.1, 0.15) is 5.01 Å². The first kappa shape index (κ1) is 10.3. The average Bonchev–Trinajstić information content (AvgIpc) is 2.77. The van der Waals surface area contributed by atoms with Gasteiger partial charge in [-0.2, -0.15) is 0 Å². The van der Waals surface area contributed by atoms with Gasteiger partial charge in [-0.15, -0.1) is 10.2 Å². The van der Waals surface area contributed by atoms with E-state index in [0.717, 1.165) is 17.8 Å². The van der Waals surface area contributed by atoms with Gasteiger partial charge in [0.2, 0.25) is 11.0 Å². The summed E-state index contributed by atoms with van der Waals surface area (Å²) in [5, 5.41) is 11.9. The lowest BCUT2D eigenvalue weighted by Gasteiger charge is -2.05. The molecule has 1 aromatic heterocycles. The number of rotatable bonds is 3. The van der Waals surface area contributed by atoms with Crippen LogP contribution in [0.5, 0.6) is 0 Å². The topological polar surface area (TPSA) is 54.9 Å². The number of hydrogen-bond acceptors (Lipinski definition) is 4. The van der Waals surface area contributed by atoms with Crippen LogP contribution in [0.4, 0.5) is 5.13 Å². The second kappa shape index (κ2) is 4.53. The van der Waals surface area contributed by atoms with E-state index in [1.165, 1.54) is 11.3 Å². The molecule has 1 unspecified atom stereocenters. The van der Waals surface area contributed by atoms with Gasteiger partial charge in [-0.05, 0) is 25.7 Å². The number of carbonyl (C=O) groups excluding carboxylic acids is 1. The lowest BCUT2D eigenvalue weighted by atomic mass is 10.1. The Kier molecular flexibility index (Phi) is 3.11. The highest BCUT2D eigenvalue weighted by Gasteiger charge is 2.14. The minimum absolute atomic E-state index is 0.0303. The molecule has 1 heterocycles. The zero-order valence-electron chi connectivity index (χ0n) is 8.56. The Hall–Kier alpha value is -1.23. The van der Waals surface area contributed by atoms with Crippen molar-refractivity contribution >= 4 is 22.4 Å². The van der Waals surface area contributed by atoms with E-state index in [1.807, 2.05) is 6.92 Å². The van der Waals surface area contributed by atoms with E-state index in [1.54, 1.807) is 0 Å². The van der Waals surface area contributed by atoms with Crippen LogP contribution in [0.3, 0.4) is 0 Å². The van der Waals surface area contributed by atoms with Crippen LogP contribution >= 0.6 is 11.3 Å². The number of carbonyl (C=O) groups is 1. The van der Waals surface area contributed by atoms with Crippen LogP contribution in [-0.4, -0.2) is 16.1 Å². The Labute approximate surface area is 92.4 Å². The molecule has 1 aliphatic carbocycles. The van der Waals surface area contributed by atoms with Crippen LogP contribution in [0.25, 0.3) is 0 Å². The van der Waals surface area contributed by atoms with Crippen molar-refractivity contribution in [3.63, 3.8) is 0 Å². The summed E-state index contributed by atoms with van der Waals surface area (Å²) in [6.45, 7) is 1.87. The molecule has 0 radical (unpaired) electrons. The maximum absolute atomic E-state index is 11.6. The Bertz CT molecular complexity index is 386. The molecule has 0 bridgehead atoms. The van der Waals surface area contributed by atoms with Gasteiger partial charge in [0.15, 0.2) is 0 Å².